The van der Waals surface area contributed by atoms with Gasteiger partial charge in [0.15, 0.2) is 9.84 Å². The van der Waals surface area contributed by atoms with Crippen LogP contribution < -0.4 is 0 Å². The number of halogens is 2. The second-order valence-corrected chi connectivity index (χ2v) is 8.14. The standard InChI is InChI=1S/C12H15BrClNO2S/c13-11-3-2-10(12(14)8-11)9-15-4-1-6-18(16,17)7-5-15/h2-3,8H,1,4-7,9H2. The predicted octanol–water partition coefficient (Wildman–Crippen LogP) is 2.72. The Balaban J connectivity index is 2.05. The summed E-state index contributed by atoms with van der Waals surface area (Å²) in [4.78, 5) is 2.15. The van der Waals surface area contributed by atoms with Gasteiger partial charge in [0, 0.05) is 22.6 Å². The van der Waals surface area contributed by atoms with E-state index in [9.17, 15) is 8.42 Å². The number of hydrogen-bond donors (Lipinski definition) is 0. The third-order valence-corrected chi connectivity index (χ3v) is 5.62. The van der Waals surface area contributed by atoms with E-state index in [1.54, 1.807) is 0 Å². The summed E-state index contributed by atoms with van der Waals surface area (Å²) < 4.78 is 24.0. The molecule has 1 aliphatic heterocycles. The fraction of sp³-hybridized carbons (Fsp3) is 0.500. The van der Waals surface area contributed by atoms with E-state index in [0.717, 1.165) is 21.6 Å². The van der Waals surface area contributed by atoms with E-state index in [2.05, 4.69) is 20.8 Å². The van der Waals surface area contributed by atoms with Gasteiger partial charge in [0.1, 0.15) is 0 Å². The highest BCUT2D eigenvalue weighted by Crippen LogP contribution is 2.23. The van der Waals surface area contributed by atoms with Gasteiger partial charge >= 0.3 is 0 Å². The Morgan fingerprint density at radius 3 is 2.78 bits per heavy atom. The van der Waals surface area contributed by atoms with Gasteiger partial charge in [0.25, 0.3) is 0 Å². The van der Waals surface area contributed by atoms with Crippen LogP contribution in [0.15, 0.2) is 22.7 Å². The van der Waals surface area contributed by atoms with Crippen LogP contribution in [0.25, 0.3) is 0 Å². The summed E-state index contributed by atoms with van der Waals surface area (Å²) in [6.45, 7) is 2.11. The Kier molecular flexibility index (Phi) is 4.69. The summed E-state index contributed by atoms with van der Waals surface area (Å²) in [6.07, 6.45) is 0.705. The second-order valence-electron chi connectivity index (χ2n) is 4.52. The maximum atomic E-state index is 11.5. The molecule has 1 heterocycles. The lowest BCUT2D eigenvalue weighted by atomic mass is 10.2. The summed E-state index contributed by atoms with van der Waals surface area (Å²) >= 11 is 9.54. The molecule has 1 aliphatic rings. The van der Waals surface area contributed by atoms with Gasteiger partial charge in [-0.25, -0.2) is 8.42 Å². The Morgan fingerprint density at radius 1 is 1.28 bits per heavy atom. The number of rotatable bonds is 2. The molecule has 0 spiro atoms. The zero-order valence-corrected chi connectivity index (χ0v) is 13.1. The van der Waals surface area contributed by atoms with E-state index in [1.807, 2.05) is 18.2 Å². The summed E-state index contributed by atoms with van der Waals surface area (Å²) in [5.74, 6) is 0.554. The first kappa shape index (κ1) is 14.3. The average Bonchev–Trinajstić information content (AvgIpc) is 2.44. The van der Waals surface area contributed by atoms with Crippen molar-refractivity contribution in [2.24, 2.45) is 0 Å². The van der Waals surface area contributed by atoms with Gasteiger partial charge < -0.3 is 0 Å². The van der Waals surface area contributed by atoms with E-state index in [4.69, 9.17) is 11.6 Å². The molecule has 3 nitrogen and oxygen atoms in total. The lowest BCUT2D eigenvalue weighted by molar-refractivity contribution is 0.287. The molecule has 1 aromatic rings. The van der Waals surface area contributed by atoms with Crippen LogP contribution in [0.4, 0.5) is 0 Å². The van der Waals surface area contributed by atoms with Crippen LogP contribution in [0.5, 0.6) is 0 Å². The molecule has 0 saturated carbocycles. The predicted molar refractivity (Wildman–Crippen MR) is 77.7 cm³/mol. The first-order valence-corrected chi connectivity index (χ1v) is 8.82. The maximum absolute atomic E-state index is 11.5. The van der Waals surface area contributed by atoms with E-state index in [-0.39, 0.29) is 5.75 Å². The Labute approximate surface area is 121 Å². The fourth-order valence-corrected chi connectivity index (χ4v) is 4.08. The van der Waals surface area contributed by atoms with E-state index in [0.29, 0.717) is 25.3 Å². The van der Waals surface area contributed by atoms with Crippen LogP contribution in [0.3, 0.4) is 0 Å². The zero-order valence-electron chi connectivity index (χ0n) is 9.90. The minimum atomic E-state index is -2.84. The van der Waals surface area contributed by atoms with Crippen molar-refractivity contribution in [2.75, 3.05) is 24.6 Å². The molecule has 0 amide bonds. The largest absolute Gasteiger partial charge is 0.298 e. The Hall–Kier alpha value is -0.100. The van der Waals surface area contributed by atoms with Crippen molar-refractivity contribution in [1.29, 1.82) is 0 Å². The molecule has 0 unspecified atom stereocenters. The van der Waals surface area contributed by atoms with Gasteiger partial charge in [-0.1, -0.05) is 33.6 Å². The molecule has 100 valence electrons. The van der Waals surface area contributed by atoms with Gasteiger partial charge in [0.2, 0.25) is 0 Å². The molecule has 1 aromatic carbocycles. The normalized spacial score (nSPS) is 20.6. The van der Waals surface area contributed by atoms with Crippen LogP contribution in [0, 0.1) is 0 Å². The lowest BCUT2D eigenvalue weighted by Gasteiger charge is -2.19. The van der Waals surface area contributed by atoms with Gasteiger partial charge in [-0.3, -0.25) is 4.90 Å². The molecule has 0 N–H and O–H groups in total. The van der Waals surface area contributed by atoms with E-state index >= 15 is 0 Å². The quantitative estimate of drug-likeness (QED) is 0.821. The minimum Gasteiger partial charge on any atom is -0.298 e. The molecule has 6 heteroatoms. The monoisotopic (exact) mass is 351 g/mol. The molecule has 0 aromatic heterocycles. The summed E-state index contributed by atoms with van der Waals surface area (Å²) in [5, 5.41) is 0.719. The minimum absolute atomic E-state index is 0.251. The molecule has 18 heavy (non-hydrogen) atoms. The van der Waals surface area contributed by atoms with Gasteiger partial charge in [-0.15, -0.1) is 0 Å². The number of nitrogens with zero attached hydrogens (tertiary/aromatic N) is 1. The van der Waals surface area contributed by atoms with Crippen LogP contribution in [-0.2, 0) is 16.4 Å². The van der Waals surface area contributed by atoms with Crippen molar-refractivity contribution in [3.8, 4) is 0 Å². The smallest absolute Gasteiger partial charge is 0.151 e. The average molecular weight is 353 g/mol. The van der Waals surface area contributed by atoms with Crippen molar-refractivity contribution < 1.29 is 8.42 Å². The molecule has 0 aliphatic carbocycles. The topological polar surface area (TPSA) is 37.4 Å². The van der Waals surface area contributed by atoms with E-state index in [1.165, 1.54) is 0 Å². The maximum Gasteiger partial charge on any atom is 0.151 e. The molecular formula is C12H15BrClNO2S. The SMILES string of the molecule is O=S1(=O)CCCN(Cc2ccc(Br)cc2Cl)CC1. The van der Waals surface area contributed by atoms with Gasteiger partial charge in [-0.2, -0.15) is 0 Å². The number of benzene rings is 1. The molecule has 1 fully saturated rings. The number of hydrogen-bond acceptors (Lipinski definition) is 3. The lowest BCUT2D eigenvalue weighted by Crippen LogP contribution is -2.26. The van der Waals surface area contributed by atoms with Crippen LogP contribution in [0.1, 0.15) is 12.0 Å². The Morgan fingerprint density at radius 2 is 2.06 bits per heavy atom. The first-order valence-electron chi connectivity index (χ1n) is 5.83. The third-order valence-electron chi connectivity index (χ3n) is 3.06. The van der Waals surface area contributed by atoms with E-state index < -0.39 is 9.84 Å². The summed E-state index contributed by atoms with van der Waals surface area (Å²) in [6, 6.07) is 5.80. The van der Waals surface area contributed by atoms with Crippen molar-refractivity contribution in [2.45, 2.75) is 13.0 Å². The van der Waals surface area contributed by atoms with Crippen molar-refractivity contribution in [3.05, 3.63) is 33.3 Å². The zero-order chi connectivity index (χ0) is 13.2. The second kappa shape index (κ2) is 5.90. The van der Waals surface area contributed by atoms with Gasteiger partial charge in [-0.05, 0) is 30.7 Å². The highest BCUT2D eigenvalue weighted by Gasteiger charge is 2.19. The molecular weight excluding hydrogens is 338 g/mol. The molecule has 0 bridgehead atoms. The first-order chi connectivity index (χ1) is 8.46. The van der Waals surface area contributed by atoms with Crippen molar-refractivity contribution >= 4 is 37.4 Å². The van der Waals surface area contributed by atoms with Crippen LogP contribution >= 0.6 is 27.5 Å². The summed E-state index contributed by atoms with van der Waals surface area (Å²) in [5.41, 5.74) is 1.04. The highest BCUT2D eigenvalue weighted by atomic mass is 79.9. The number of sulfone groups is 1. The van der Waals surface area contributed by atoms with Crippen LogP contribution in [0.2, 0.25) is 5.02 Å². The fourth-order valence-electron chi connectivity index (χ4n) is 2.04. The summed E-state index contributed by atoms with van der Waals surface area (Å²) in [7, 11) is -2.84. The molecule has 1 saturated heterocycles. The molecule has 2 rings (SSSR count). The molecule has 0 atom stereocenters. The third kappa shape index (κ3) is 3.95. The van der Waals surface area contributed by atoms with Crippen molar-refractivity contribution in [1.82, 2.24) is 4.90 Å². The molecule has 0 radical (unpaired) electrons. The Bertz CT molecular complexity index is 533. The van der Waals surface area contributed by atoms with Crippen LogP contribution in [-0.4, -0.2) is 37.9 Å². The highest BCUT2D eigenvalue weighted by molar-refractivity contribution is 9.10. The van der Waals surface area contributed by atoms with Gasteiger partial charge in [0.05, 0.1) is 11.5 Å². The van der Waals surface area contributed by atoms with Crippen molar-refractivity contribution in [3.63, 3.8) is 0 Å².